The molecular weight excluding hydrogens is 228 g/mol. The van der Waals surface area contributed by atoms with Crippen LogP contribution in [0.5, 0.6) is 0 Å². The Morgan fingerprint density at radius 3 is 2.83 bits per heavy atom. The lowest BCUT2D eigenvalue weighted by Gasteiger charge is -2.28. The molecule has 5 nitrogen and oxygen atoms in total. The molecule has 0 aromatic carbocycles. The zero-order chi connectivity index (χ0) is 13.3. The van der Waals surface area contributed by atoms with E-state index >= 15 is 0 Å². The second-order valence-corrected chi connectivity index (χ2v) is 5.10. The second kappa shape index (κ2) is 5.18. The van der Waals surface area contributed by atoms with Gasteiger partial charge in [0.2, 0.25) is 0 Å². The highest BCUT2D eigenvalue weighted by molar-refractivity contribution is 5.66. The van der Waals surface area contributed by atoms with Gasteiger partial charge in [-0.25, -0.2) is 0 Å². The summed E-state index contributed by atoms with van der Waals surface area (Å²) in [6, 6.07) is 0.386. The van der Waals surface area contributed by atoms with E-state index in [9.17, 15) is 0 Å². The topological polar surface area (TPSA) is 56.3 Å². The summed E-state index contributed by atoms with van der Waals surface area (Å²) in [5, 5.41) is 4.53. The summed E-state index contributed by atoms with van der Waals surface area (Å²) in [5.74, 6) is 1.01. The number of likely N-dealkylation sites (N-methyl/N-ethyl adjacent to an activating group) is 1. The summed E-state index contributed by atoms with van der Waals surface area (Å²) in [6.07, 6.45) is 3.29. The zero-order valence-electron chi connectivity index (χ0n) is 11.8. The number of rotatable bonds is 4. The van der Waals surface area contributed by atoms with Gasteiger partial charge in [0.15, 0.2) is 0 Å². The number of aryl methyl sites for hydroxylation is 2. The van der Waals surface area contributed by atoms with Gasteiger partial charge in [-0.1, -0.05) is 13.3 Å². The van der Waals surface area contributed by atoms with Crippen molar-refractivity contribution in [1.82, 2.24) is 9.78 Å². The molecule has 1 aromatic heterocycles. The van der Waals surface area contributed by atoms with E-state index in [-0.39, 0.29) is 6.10 Å². The summed E-state index contributed by atoms with van der Waals surface area (Å²) < 4.78 is 7.52. The van der Waals surface area contributed by atoms with Crippen molar-refractivity contribution in [3.05, 3.63) is 5.69 Å². The summed E-state index contributed by atoms with van der Waals surface area (Å²) >= 11 is 0. The molecule has 0 saturated carbocycles. The fourth-order valence-corrected chi connectivity index (χ4v) is 2.81. The number of nitrogen functional groups attached to an aromatic ring is 1. The van der Waals surface area contributed by atoms with Crippen LogP contribution in [0.3, 0.4) is 0 Å². The van der Waals surface area contributed by atoms with E-state index in [1.165, 1.54) is 0 Å². The molecule has 0 spiro atoms. The number of ether oxygens (including phenoxy) is 1. The van der Waals surface area contributed by atoms with Crippen LogP contribution in [0.4, 0.5) is 11.5 Å². The highest BCUT2D eigenvalue weighted by atomic mass is 16.5. The molecule has 1 saturated heterocycles. The maximum absolute atomic E-state index is 6.24. The van der Waals surface area contributed by atoms with E-state index in [1.807, 2.05) is 11.7 Å². The molecule has 18 heavy (non-hydrogen) atoms. The van der Waals surface area contributed by atoms with Crippen LogP contribution in [0.2, 0.25) is 0 Å². The van der Waals surface area contributed by atoms with Crippen molar-refractivity contribution in [1.29, 1.82) is 0 Å². The number of hydrogen-bond donors (Lipinski definition) is 1. The first-order valence-electron chi connectivity index (χ1n) is 6.72. The largest absolute Gasteiger partial charge is 0.394 e. The molecule has 2 unspecified atom stereocenters. The molecule has 1 aromatic rings. The second-order valence-electron chi connectivity index (χ2n) is 5.10. The monoisotopic (exact) mass is 252 g/mol. The molecule has 0 radical (unpaired) electrons. The normalized spacial score (nSPS) is 23.6. The first-order valence-corrected chi connectivity index (χ1v) is 6.72. The van der Waals surface area contributed by atoms with Crippen molar-refractivity contribution in [2.24, 2.45) is 7.05 Å². The summed E-state index contributed by atoms with van der Waals surface area (Å²) in [6.45, 7) is 5.09. The van der Waals surface area contributed by atoms with E-state index in [2.05, 4.69) is 30.9 Å². The number of nitrogens with two attached hydrogens (primary N) is 1. The van der Waals surface area contributed by atoms with Crippen LogP contribution in [-0.4, -0.2) is 35.6 Å². The molecule has 1 aliphatic heterocycles. The van der Waals surface area contributed by atoms with Crippen LogP contribution in [0.15, 0.2) is 0 Å². The third-order valence-electron chi connectivity index (χ3n) is 3.78. The molecule has 1 aliphatic rings. The Hall–Kier alpha value is -1.23. The summed E-state index contributed by atoms with van der Waals surface area (Å²) in [7, 11) is 4.04. The molecule has 1 fully saturated rings. The Morgan fingerprint density at radius 2 is 2.28 bits per heavy atom. The third-order valence-corrected chi connectivity index (χ3v) is 3.78. The Morgan fingerprint density at radius 1 is 1.56 bits per heavy atom. The standard InChI is InChI=1S/C13H24N4O/c1-5-6-10-12(14)13(17(4)15-10)16(3)11-7-8-18-9(11)2/h9,11H,5-8,14H2,1-4H3. The van der Waals surface area contributed by atoms with Gasteiger partial charge in [-0.2, -0.15) is 5.10 Å². The van der Waals surface area contributed by atoms with Crippen LogP contribution in [-0.2, 0) is 18.2 Å². The third kappa shape index (κ3) is 2.19. The summed E-state index contributed by atoms with van der Waals surface area (Å²) in [4.78, 5) is 2.22. The predicted molar refractivity (Wildman–Crippen MR) is 73.8 cm³/mol. The van der Waals surface area contributed by atoms with E-state index in [1.54, 1.807) is 0 Å². The molecular formula is C13H24N4O. The minimum absolute atomic E-state index is 0.249. The van der Waals surface area contributed by atoms with Crippen LogP contribution in [0, 0.1) is 0 Å². The zero-order valence-corrected chi connectivity index (χ0v) is 11.8. The first kappa shape index (κ1) is 13.2. The fraction of sp³-hybridized carbons (Fsp3) is 0.769. The average molecular weight is 252 g/mol. The lowest BCUT2D eigenvalue weighted by atomic mass is 10.1. The van der Waals surface area contributed by atoms with Gasteiger partial charge in [-0.05, 0) is 19.8 Å². The molecule has 2 atom stereocenters. The molecule has 2 heterocycles. The van der Waals surface area contributed by atoms with Gasteiger partial charge in [-0.3, -0.25) is 4.68 Å². The SMILES string of the molecule is CCCc1nn(C)c(N(C)C2CCOC2C)c1N. The van der Waals surface area contributed by atoms with Crippen molar-refractivity contribution in [3.63, 3.8) is 0 Å². The molecule has 0 amide bonds. The molecule has 0 aliphatic carbocycles. The van der Waals surface area contributed by atoms with Crippen LogP contribution in [0.25, 0.3) is 0 Å². The molecule has 102 valence electrons. The Kier molecular flexibility index (Phi) is 3.80. The van der Waals surface area contributed by atoms with Crippen LogP contribution in [0.1, 0.15) is 32.4 Å². The van der Waals surface area contributed by atoms with E-state index < -0.39 is 0 Å². The number of hydrogen-bond acceptors (Lipinski definition) is 4. The lowest BCUT2D eigenvalue weighted by Crippen LogP contribution is -2.38. The van der Waals surface area contributed by atoms with Crippen LogP contribution < -0.4 is 10.6 Å². The van der Waals surface area contributed by atoms with Gasteiger partial charge in [0.05, 0.1) is 23.5 Å². The van der Waals surface area contributed by atoms with Crippen LogP contribution >= 0.6 is 0 Å². The maximum atomic E-state index is 6.24. The average Bonchev–Trinajstić information content (AvgIpc) is 2.85. The van der Waals surface area contributed by atoms with Crippen molar-refractivity contribution >= 4 is 11.5 Å². The molecule has 2 rings (SSSR count). The van der Waals surface area contributed by atoms with Gasteiger partial charge >= 0.3 is 0 Å². The fourth-order valence-electron chi connectivity index (χ4n) is 2.81. The van der Waals surface area contributed by atoms with Gasteiger partial charge < -0.3 is 15.4 Å². The highest BCUT2D eigenvalue weighted by Crippen LogP contribution is 2.30. The number of aromatic nitrogens is 2. The highest BCUT2D eigenvalue weighted by Gasteiger charge is 2.31. The molecule has 0 bridgehead atoms. The molecule has 5 heteroatoms. The van der Waals surface area contributed by atoms with Gasteiger partial charge in [0, 0.05) is 20.7 Å². The predicted octanol–water partition coefficient (Wildman–Crippen LogP) is 1.57. The van der Waals surface area contributed by atoms with E-state index in [0.29, 0.717) is 6.04 Å². The first-order chi connectivity index (χ1) is 8.56. The minimum Gasteiger partial charge on any atom is -0.394 e. The summed E-state index contributed by atoms with van der Waals surface area (Å²) in [5.41, 5.74) is 8.07. The quantitative estimate of drug-likeness (QED) is 0.883. The van der Waals surface area contributed by atoms with Gasteiger partial charge in [0.25, 0.3) is 0 Å². The van der Waals surface area contributed by atoms with Crippen molar-refractivity contribution < 1.29 is 4.74 Å². The van der Waals surface area contributed by atoms with Crippen molar-refractivity contribution in [3.8, 4) is 0 Å². The Balaban J connectivity index is 2.26. The van der Waals surface area contributed by atoms with Gasteiger partial charge in [-0.15, -0.1) is 0 Å². The Labute approximate surface area is 109 Å². The maximum Gasteiger partial charge on any atom is 0.150 e. The molecule has 2 N–H and O–H groups in total. The van der Waals surface area contributed by atoms with Crippen molar-refractivity contribution in [2.45, 2.75) is 45.3 Å². The number of anilines is 2. The van der Waals surface area contributed by atoms with Crippen molar-refractivity contribution in [2.75, 3.05) is 24.3 Å². The number of nitrogens with zero attached hydrogens (tertiary/aromatic N) is 3. The minimum atomic E-state index is 0.249. The van der Waals surface area contributed by atoms with E-state index in [0.717, 1.165) is 43.1 Å². The van der Waals surface area contributed by atoms with E-state index in [4.69, 9.17) is 10.5 Å². The lowest BCUT2D eigenvalue weighted by molar-refractivity contribution is 0.118. The van der Waals surface area contributed by atoms with Gasteiger partial charge in [0.1, 0.15) is 5.82 Å². The Bertz CT molecular complexity index is 415. The smallest absolute Gasteiger partial charge is 0.150 e.